The van der Waals surface area contributed by atoms with Crippen molar-refractivity contribution in [1.29, 1.82) is 0 Å². The molecule has 0 N–H and O–H groups in total. The third kappa shape index (κ3) is 2.75. The molecule has 0 bridgehead atoms. The maximum absolute atomic E-state index is 12.9. The Morgan fingerprint density at radius 2 is 1.79 bits per heavy atom. The first-order valence-electron chi connectivity index (χ1n) is 9.91. The van der Waals surface area contributed by atoms with Gasteiger partial charge in [0.25, 0.3) is 0 Å². The molecule has 144 valence electrons. The number of ether oxygens (including phenoxy) is 1. The smallest absolute Gasteiger partial charge is 0.338 e. The van der Waals surface area contributed by atoms with Crippen LogP contribution in [0.15, 0.2) is 60.7 Å². The number of rotatable bonds is 3. The molecule has 0 saturated heterocycles. The van der Waals surface area contributed by atoms with Gasteiger partial charge < -0.3 is 9.30 Å². The maximum Gasteiger partial charge on any atom is 0.338 e. The first-order valence-corrected chi connectivity index (χ1v) is 9.91. The van der Waals surface area contributed by atoms with Crippen LogP contribution in [0.1, 0.15) is 44.8 Å². The average Bonchev–Trinajstić information content (AvgIpc) is 3.08. The van der Waals surface area contributed by atoms with Crippen molar-refractivity contribution >= 4 is 33.4 Å². The number of carbonyl (C=O) groups is 2. The SMILES string of the molecule is COC(=O)c1cccc2c1c1c(n2Cc2cccc3ccccc23)CCCC1=O. The van der Waals surface area contributed by atoms with Crippen LogP contribution in [0.5, 0.6) is 0 Å². The summed E-state index contributed by atoms with van der Waals surface area (Å²) in [5.74, 6) is -0.289. The minimum absolute atomic E-state index is 0.115. The summed E-state index contributed by atoms with van der Waals surface area (Å²) in [6.07, 6.45) is 2.20. The zero-order valence-electron chi connectivity index (χ0n) is 16.3. The molecule has 0 aliphatic heterocycles. The second-order valence-corrected chi connectivity index (χ2v) is 7.51. The Morgan fingerprint density at radius 1 is 1.00 bits per heavy atom. The molecule has 5 rings (SSSR count). The van der Waals surface area contributed by atoms with Crippen LogP contribution in [0.4, 0.5) is 0 Å². The molecule has 0 unspecified atom stereocenters. The topological polar surface area (TPSA) is 48.3 Å². The quantitative estimate of drug-likeness (QED) is 0.460. The van der Waals surface area contributed by atoms with Gasteiger partial charge in [-0.2, -0.15) is 0 Å². The number of Topliss-reactive ketones (excluding diaryl/α,β-unsaturated/α-hetero) is 1. The van der Waals surface area contributed by atoms with Crippen LogP contribution >= 0.6 is 0 Å². The third-order valence-electron chi connectivity index (χ3n) is 5.91. The van der Waals surface area contributed by atoms with Crippen LogP contribution in [0.2, 0.25) is 0 Å². The van der Waals surface area contributed by atoms with E-state index in [4.69, 9.17) is 4.74 Å². The summed E-state index contributed by atoms with van der Waals surface area (Å²) >= 11 is 0. The van der Waals surface area contributed by atoms with Gasteiger partial charge in [-0.1, -0.05) is 48.5 Å². The van der Waals surface area contributed by atoms with Gasteiger partial charge in [0.2, 0.25) is 0 Å². The number of benzene rings is 3. The zero-order valence-corrected chi connectivity index (χ0v) is 16.3. The van der Waals surface area contributed by atoms with E-state index in [2.05, 4.69) is 34.9 Å². The van der Waals surface area contributed by atoms with Gasteiger partial charge in [0.05, 0.1) is 18.2 Å². The largest absolute Gasteiger partial charge is 0.465 e. The molecule has 0 radical (unpaired) electrons. The lowest BCUT2D eigenvalue weighted by atomic mass is 9.92. The van der Waals surface area contributed by atoms with Gasteiger partial charge in [-0.25, -0.2) is 4.79 Å². The fourth-order valence-electron chi connectivity index (χ4n) is 4.62. The van der Waals surface area contributed by atoms with E-state index in [0.717, 1.165) is 29.4 Å². The fourth-order valence-corrected chi connectivity index (χ4v) is 4.62. The molecule has 4 nitrogen and oxygen atoms in total. The van der Waals surface area contributed by atoms with Crippen molar-refractivity contribution < 1.29 is 14.3 Å². The van der Waals surface area contributed by atoms with E-state index in [1.807, 2.05) is 24.3 Å². The van der Waals surface area contributed by atoms with Gasteiger partial charge in [-0.05, 0) is 41.3 Å². The van der Waals surface area contributed by atoms with E-state index < -0.39 is 5.97 Å². The molecule has 1 aliphatic rings. The summed E-state index contributed by atoms with van der Waals surface area (Å²) in [6, 6.07) is 20.3. The molecule has 0 atom stereocenters. The summed E-state index contributed by atoms with van der Waals surface area (Å²) in [5, 5.41) is 3.14. The standard InChI is InChI=1S/C25H21NO3/c1-29-25(28)19-11-5-12-20-23(19)24-21(13-6-14-22(24)27)26(20)15-17-9-4-8-16-7-2-3-10-18(16)17/h2-5,7-12H,6,13-15H2,1H3. The molecule has 0 fully saturated rings. The third-order valence-corrected chi connectivity index (χ3v) is 5.91. The highest BCUT2D eigenvalue weighted by Crippen LogP contribution is 2.35. The molecular weight excluding hydrogens is 362 g/mol. The lowest BCUT2D eigenvalue weighted by Crippen LogP contribution is -2.14. The van der Waals surface area contributed by atoms with Crippen LogP contribution in [0.25, 0.3) is 21.7 Å². The van der Waals surface area contributed by atoms with Gasteiger partial charge in [0.1, 0.15) is 0 Å². The highest BCUT2D eigenvalue weighted by atomic mass is 16.5. The lowest BCUT2D eigenvalue weighted by Gasteiger charge is -2.16. The normalized spacial score (nSPS) is 13.6. The van der Waals surface area contributed by atoms with Crippen molar-refractivity contribution in [3.05, 3.63) is 83.0 Å². The predicted octanol–water partition coefficient (Wildman–Crippen LogP) is 5.15. The van der Waals surface area contributed by atoms with E-state index >= 15 is 0 Å². The van der Waals surface area contributed by atoms with E-state index in [-0.39, 0.29) is 5.78 Å². The molecule has 4 aromatic rings. The molecular formula is C25H21NO3. The van der Waals surface area contributed by atoms with E-state index in [1.165, 1.54) is 23.4 Å². The minimum atomic E-state index is -0.404. The molecule has 29 heavy (non-hydrogen) atoms. The number of carbonyl (C=O) groups excluding carboxylic acids is 2. The highest BCUT2D eigenvalue weighted by Gasteiger charge is 2.29. The van der Waals surface area contributed by atoms with Gasteiger partial charge in [0, 0.05) is 29.6 Å². The van der Waals surface area contributed by atoms with Crippen LogP contribution in [-0.4, -0.2) is 23.4 Å². The zero-order chi connectivity index (χ0) is 20.0. The number of fused-ring (bicyclic) bond motifs is 4. The van der Waals surface area contributed by atoms with Crippen molar-refractivity contribution in [1.82, 2.24) is 4.57 Å². The number of aromatic nitrogens is 1. The fraction of sp³-hybridized carbons (Fsp3) is 0.200. The van der Waals surface area contributed by atoms with Crippen LogP contribution in [0.3, 0.4) is 0 Å². The van der Waals surface area contributed by atoms with E-state index in [9.17, 15) is 9.59 Å². The number of esters is 1. The van der Waals surface area contributed by atoms with Crippen molar-refractivity contribution in [2.24, 2.45) is 0 Å². The Bertz CT molecular complexity index is 1280. The van der Waals surface area contributed by atoms with Crippen molar-refractivity contribution in [2.45, 2.75) is 25.8 Å². The molecule has 4 heteroatoms. The van der Waals surface area contributed by atoms with Gasteiger partial charge >= 0.3 is 5.97 Å². The first-order chi connectivity index (χ1) is 14.2. The molecule has 0 saturated carbocycles. The molecule has 1 aromatic heterocycles. The summed E-state index contributed by atoms with van der Waals surface area (Å²) in [7, 11) is 1.38. The van der Waals surface area contributed by atoms with Gasteiger partial charge in [-0.3, -0.25) is 4.79 Å². The van der Waals surface area contributed by atoms with Crippen LogP contribution in [0, 0.1) is 0 Å². The Morgan fingerprint density at radius 3 is 2.66 bits per heavy atom. The number of nitrogens with zero attached hydrogens (tertiary/aromatic N) is 1. The number of hydrogen-bond acceptors (Lipinski definition) is 3. The number of methoxy groups -OCH3 is 1. The second kappa shape index (κ2) is 6.89. The summed E-state index contributed by atoms with van der Waals surface area (Å²) in [4.78, 5) is 25.3. The second-order valence-electron chi connectivity index (χ2n) is 7.51. The molecule has 0 spiro atoms. The van der Waals surface area contributed by atoms with Crippen molar-refractivity contribution in [2.75, 3.05) is 7.11 Å². The Hall–Kier alpha value is -3.40. The van der Waals surface area contributed by atoms with E-state index in [1.54, 1.807) is 6.07 Å². The van der Waals surface area contributed by atoms with E-state index in [0.29, 0.717) is 24.1 Å². The summed E-state index contributed by atoms with van der Waals surface area (Å²) in [6.45, 7) is 0.658. The number of ketones is 1. The van der Waals surface area contributed by atoms with Crippen LogP contribution in [-0.2, 0) is 17.7 Å². The Balaban J connectivity index is 1.78. The van der Waals surface area contributed by atoms with Crippen LogP contribution < -0.4 is 0 Å². The Kier molecular flexibility index (Phi) is 4.20. The predicted molar refractivity (Wildman–Crippen MR) is 114 cm³/mol. The molecule has 1 aliphatic carbocycles. The van der Waals surface area contributed by atoms with Gasteiger partial charge in [-0.15, -0.1) is 0 Å². The minimum Gasteiger partial charge on any atom is -0.465 e. The Labute approximate surface area is 168 Å². The highest BCUT2D eigenvalue weighted by molar-refractivity contribution is 6.16. The van der Waals surface area contributed by atoms with Crippen molar-refractivity contribution in [3.8, 4) is 0 Å². The molecule has 0 amide bonds. The average molecular weight is 383 g/mol. The summed E-state index contributed by atoms with van der Waals surface area (Å²) < 4.78 is 7.21. The summed E-state index contributed by atoms with van der Waals surface area (Å²) in [5.41, 5.74) is 4.31. The monoisotopic (exact) mass is 383 g/mol. The van der Waals surface area contributed by atoms with Crippen molar-refractivity contribution in [3.63, 3.8) is 0 Å². The maximum atomic E-state index is 12.9. The molecule has 1 heterocycles. The first kappa shape index (κ1) is 17.7. The lowest BCUT2D eigenvalue weighted by molar-refractivity contribution is 0.0603. The molecule has 3 aromatic carbocycles. The number of hydrogen-bond donors (Lipinski definition) is 0. The van der Waals surface area contributed by atoms with Gasteiger partial charge in [0.15, 0.2) is 5.78 Å².